The molecule has 3 heterocycles. The summed E-state index contributed by atoms with van der Waals surface area (Å²) in [5.74, 6) is 1.17. The van der Waals surface area contributed by atoms with Gasteiger partial charge in [-0.1, -0.05) is 13.8 Å². The Morgan fingerprint density at radius 2 is 2.10 bits per heavy atom. The normalized spacial score (nSPS) is 16.9. The van der Waals surface area contributed by atoms with Gasteiger partial charge in [0.05, 0.1) is 17.8 Å². The maximum absolute atomic E-state index is 12.7. The lowest BCUT2D eigenvalue weighted by atomic mass is 9.97. The van der Waals surface area contributed by atoms with Gasteiger partial charge in [0.1, 0.15) is 12.1 Å². The van der Waals surface area contributed by atoms with E-state index in [4.69, 9.17) is 4.74 Å². The number of carbonyl (C=O) groups excluding carboxylic acids is 1. The number of rotatable bonds is 4. The Bertz CT molecular complexity index is 1120. The average molecular weight is 408 g/mol. The number of amides is 1. The number of carboxylic acid groups (broad SMARTS) is 1. The van der Waals surface area contributed by atoms with Crippen molar-refractivity contribution in [1.82, 2.24) is 19.4 Å². The van der Waals surface area contributed by atoms with Crippen LogP contribution in [0.25, 0.3) is 10.9 Å². The van der Waals surface area contributed by atoms with Gasteiger partial charge in [-0.05, 0) is 44.0 Å². The summed E-state index contributed by atoms with van der Waals surface area (Å²) < 4.78 is 7.22. The predicted octanol–water partition coefficient (Wildman–Crippen LogP) is 4.07. The van der Waals surface area contributed by atoms with E-state index >= 15 is 0 Å². The van der Waals surface area contributed by atoms with Crippen molar-refractivity contribution < 1.29 is 19.4 Å². The molecule has 1 aromatic carbocycles. The van der Waals surface area contributed by atoms with Crippen LogP contribution < -0.4 is 4.74 Å². The molecule has 0 unspecified atom stereocenters. The molecule has 0 bridgehead atoms. The van der Waals surface area contributed by atoms with E-state index < -0.39 is 6.09 Å². The number of nitrogens with zero attached hydrogens (tertiary/aromatic N) is 4. The van der Waals surface area contributed by atoms with Gasteiger partial charge in [0.2, 0.25) is 11.8 Å². The van der Waals surface area contributed by atoms with Crippen LogP contribution in [0.4, 0.5) is 4.79 Å². The van der Waals surface area contributed by atoms with E-state index in [9.17, 15) is 14.7 Å². The second kappa shape index (κ2) is 7.78. The maximum Gasteiger partial charge on any atom is 0.415 e. The molecule has 30 heavy (non-hydrogen) atoms. The van der Waals surface area contributed by atoms with Crippen LogP contribution in [0.5, 0.6) is 11.6 Å². The van der Waals surface area contributed by atoms with Crippen LogP contribution in [0, 0.1) is 5.92 Å². The van der Waals surface area contributed by atoms with E-state index in [0.29, 0.717) is 30.1 Å². The molecular weight excluding hydrogens is 384 g/mol. The SMILES string of the molecule is CC[C@H](C)C(=O)N1Cc2ncnc(Oc3ccc4c(ccn4C(=O)O)c3)c2C[C@@H]1C. The van der Waals surface area contributed by atoms with Crippen molar-refractivity contribution in [3.63, 3.8) is 0 Å². The Morgan fingerprint density at radius 1 is 1.30 bits per heavy atom. The Balaban J connectivity index is 1.61. The van der Waals surface area contributed by atoms with Gasteiger partial charge in [0.25, 0.3) is 0 Å². The lowest BCUT2D eigenvalue weighted by Gasteiger charge is -2.36. The fraction of sp³-hybridized carbons (Fsp3) is 0.364. The molecule has 2 aromatic heterocycles. The molecule has 2 atom stereocenters. The fourth-order valence-electron chi connectivity index (χ4n) is 3.80. The van der Waals surface area contributed by atoms with Crippen molar-refractivity contribution in [3.8, 4) is 11.6 Å². The van der Waals surface area contributed by atoms with Crippen LogP contribution in [0.3, 0.4) is 0 Å². The van der Waals surface area contributed by atoms with Crippen molar-refractivity contribution in [1.29, 1.82) is 0 Å². The van der Waals surface area contributed by atoms with Gasteiger partial charge in [0, 0.05) is 29.1 Å². The molecule has 1 N–H and O–H groups in total. The molecule has 0 saturated carbocycles. The van der Waals surface area contributed by atoms with Crippen molar-refractivity contribution in [2.24, 2.45) is 5.92 Å². The topological polar surface area (TPSA) is 97.6 Å². The summed E-state index contributed by atoms with van der Waals surface area (Å²) in [5.41, 5.74) is 2.29. The molecule has 3 aromatic rings. The third-order valence-corrected chi connectivity index (χ3v) is 5.75. The largest absolute Gasteiger partial charge is 0.464 e. The first kappa shape index (κ1) is 19.9. The standard InChI is InChI=1S/C22H24N4O4/c1-4-13(2)21(27)26-11-18-17(9-14(26)3)20(24-12-23-18)30-16-5-6-19-15(10-16)7-8-25(19)22(28)29/h5-8,10,12-14H,4,9,11H2,1-3H3,(H,28,29)/t13-,14-/m0/s1. The molecule has 8 nitrogen and oxygen atoms in total. The van der Waals surface area contributed by atoms with Crippen LogP contribution in [0.15, 0.2) is 36.8 Å². The highest BCUT2D eigenvalue weighted by molar-refractivity contribution is 5.89. The first-order valence-electron chi connectivity index (χ1n) is 10.0. The van der Waals surface area contributed by atoms with E-state index in [1.165, 1.54) is 12.5 Å². The summed E-state index contributed by atoms with van der Waals surface area (Å²) in [6.45, 7) is 6.44. The van der Waals surface area contributed by atoms with Gasteiger partial charge in [0.15, 0.2) is 0 Å². The zero-order valence-electron chi connectivity index (χ0n) is 17.2. The van der Waals surface area contributed by atoms with Crippen molar-refractivity contribution in [2.45, 2.75) is 46.2 Å². The highest BCUT2D eigenvalue weighted by Crippen LogP contribution is 2.32. The first-order valence-corrected chi connectivity index (χ1v) is 10.0. The molecule has 156 valence electrons. The number of benzene rings is 1. The summed E-state index contributed by atoms with van der Waals surface area (Å²) in [6.07, 6.45) is 3.35. The first-order chi connectivity index (χ1) is 14.4. The Morgan fingerprint density at radius 3 is 2.83 bits per heavy atom. The van der Waals surface area contributed by atoms with Gasteiger partial charge < -0.3 is 14.7 Å². The molecule has 0 radical (unpaired) electrons. The third-order valence-electron chi connectivity index (χ3n) is 5.75. The van der Waals surface area contributed by atoms with E-state index in [2.05, 4.69) is 9.97 Å². The summed E-state index contributed by atoms with van der Waals surface area (Å²) in [7, 11) is 0. The molecule has 0 spiro atoms. The monoisotopic (exact) mass is 408 g/mol. The lowest BCUT2D eigenvalue weighted by molar-refractivity contribution is -0.138. The molecule has 1 aliphatic heterocycles. The number of hydrogen-bond donors (Lipinski definition) is 1. The van der Waals surface area contributed by atoms with Gasteiger partial charge in [-0.15, -0.1) is 0 Å². The predicted molar refractivity (Wildman–Crippen MR) is 111 cm³/mol. The third kappa shape index (κ3) is 3.49. The van der Waals surface area contributed by atoms with Crippen LogP contribution >= 0.6 is 0 Å². The summed E-state index contributed by atoms with van der Waals surface area (Å²) in [6, 6.07) is 6.98. The lowest BCUT2D eigenvalue weighted by Crippen LogP contribution is -2.45. The van der Waals surface area contributed by atoms with E-state index in [-0.39, 0.29) is 17.9 Å². The van der Waals surface area contributed by atoms with Gasteiger partial charge in [-0.2, -0.15) is 0 Å². The number of hydrogen-bond acceptors (Lipinski definition) is 5. The molecule has 0 aliphatic carbocycles. The number of aromatic nitrogens is 3. The van der Waals surface area contributed by atoms with E-state index in [0.717, 1.165) is 27.6 Å². The molecule has 0 saturated heterocycles. The number of ether oxygens (including phenoxy) is 1. The highest BCUT2D eigenvalue weighted by Gasteiger charge is 2.32. The van der Waals surface area contributed by atoms with Crippen molar-refractivity contribution in [2.75, 3.05) is 0 Å². The zero-order valence-corrected chi connectivity index (χ0v) is 17.2. The zero-order chi connectivity index (χ0) is 21.4. The maximum atomic E-state index is 12.7. The van der Waals surface area contributed by atoms with Crippen molar-refractivity contribution in [3.05, 3.63) is 48.0 Å². The van der Waals surface area contributed by atoms with Gasteiger partial charge in [-0.25, -0.2) is 14.8 Å². The molecule has 8 heteroatoms. The average Bonchev–Trinajstić information content (AvgIpc) is 3.16. The Labute approximate surface area is 174 Å². The highest BCUT2D eigenvalue weighted by atomic mass is 16.5. The summed E-state index contributed by atoms with van der Waals surface area (Å²) in [5, 5.41) is 9.99. The smallest absolute Gasteiger partial charge is 0.415 e. The second-order valence-electron chi connectivity index (χ2n) is 7.72. The van der Waals surface area contributed by atoms with Crippen LogP contribution in [-0.4, -0.2) is 42.6 Å². The Kier molecular flexibility index (Phi) is 5.15. The second-order valence-corrected chi connectivity index (χ2v) is 7.72. The van der Waals surface area contributed by atoms with Crippen LogP contribution in [-0.2, 0) is 17.8 Å². The number of carbonyl (C=O) groups is 2. The quantitative estimate of drug-likeness (QED) is 0.699. The summed E-state index contributed by atoms with van der Waals surface area (Å²) in [4.78, 5) is 34.6. The molecular formula is C22H24N4O4. The minimum Gasteiger partial charge on any atom is -0.464 e. The van der Waals surface area contributed by atoms with Crippen LogP contribution in [0.1, 0.15) is 38.4 Å². The summed E-state index contributed by atoms with van der Waals surface area (Å²) >= 11 is 0. The van der Waals surface area contributed by atoms with E-state index in [1.54, 1.807) is 24.3 Å². The number of fused-ring (bicyclic) bond motifs is 2. The van der Waals surface area contributed by atoms with Gasteiger partial charge in [-0.3, -0.25) is 9.36 Å². The fourth-order valence-corrected chi connectivity index (χ4v) is 3.80. The molecule has 0 fully saturated rings. The minimum atomic E-state index is -1.03. The van der Waals surface area contributed by atoms with Crippen molar-refractivity contribution >= 4 is 22.9 Å². The minimum absolute atomic E-state index is 0.0172. The van der Waals surface area contributed by atoms with Crippen LogP contribution in [0.2, 0.25) is 0 Å². The van der Waals surface area contributed by atoms with E-state index in [1.807, 2.05) is 25.7 Å². The Hall–Kier alpha value is -3.42. The molecule has 1 aliphatic rings. The molecule has 4 rings (SSSR count). The van der Waals surface area contributed by atoms with Gasteiger partial charge >= 0.3 is 6.09 Å². The molecule has 1 amide bonds.